The number of carboxylic acids is 2. The average Bonchev–Trinajstić information content (AvgIpc) is 2.51. The van der Waals surface area contributed by atoms with Gasteiger partial charge in [0.25, 0.3) is 0 Å². The maximum Gasteiger partial charge on any atom is 1.00 e. The van der Waals surface area contributed by atoms with Gasteiger partial charge in [0.05, 0.1) is 38.8 Å². The van der Waals surface area contributed by atoms with Gasteiger partial charge in [-0.25, -0.2) is 4.79 Å². The van der Waals surface area contributed by atoms with E-state index in [-0.39, 0.29) is 41.5 Å². The molecule has 0 rings (SSSR count). The zero-order valence-electron chi connectivity index (χ0n) is 15.7. The number of halogens is 1. The number of methoxy groups -OCH3 is 2. The van der Waals surface area contributed by atoms with E-state index in [1.54, 1.807) is 0 Å². The van der Waals surface area contributed by atoms with Crippen LogP contribution in [0, 0.1) is 5.92 Å². The van der Waals surface area contributed by atoms with Crippen LogP contribution in [0.5, 0.6) is 0 Å². The van der Waals surface area contributed by atoms with Crippen LogP contribution in [0.4, 0.5) is 4.79 Å². The zero-order valence-corrected chi connectivity index (χ0v) is 18.4. The van der Waals surface area contributed by atoms with Gasteiger partial charge >= 0.3 is 52.9 Å². The van der Waals surface area contributed by atoms with Crippen LogP contribution < -0.4 is 35.3 Å². The number of hydrogen-bond acceptors (Lipinski definition) is 10. The Morgan fingerprint density at radius 3 is 1.44 bits per heavy atom. The molecular weight excluding hydrogens is 405 g/mol. The van der Waals surface area contributed by atoms with Gasteiger partial charge in [-0.15, -0.1) is 0 Å². The molecule has 0 aliphatic heterocycles. The van der Waals surface area contributed by atoms with Crippen LogP contribution in [0.25, 0.3) is 0 Å². The van der Waals surface area contributed by atoms with Crippen LogP contribution >= 0.6 is 11.6 Å². The number of esters is 1. The second kappa shape index (κ2) is 21.3. The summed E-state index contributed by atoms with van der Waals surface area (Å²) in [4.78, 5) is 40.3. The first-order valence-corrected chi connectivity index (χ1v) is 7.07. The molecule has 14 heteroatoms. The Hall–Kier alpha value is -0.990. The Labute approximate surface area is 183 Å². The van der Waals surface area contributed by atoms with Crippen molar-refractivity contribution >= 4 is 34.9 Å². The summed E-state index contributed by atoms with van der Waals surface area (Å²) in [6, 6.07) is -1.16. The molecule has 27 heavy (non-hydrogen) atoms. The van der Waals surface area contributed by atoms with Crippen molar-refractivity contribution in [2.24, 2.45) is 11.7 Å². The van der Waals surface area contributed by atoms with Crippen LogP contribution in [0.3, 0.4) is 0 Å². The van der Waals surface area contributed by atoms with Gasteiger partial charge in [-0.3, -0.25) is 14.4 Å². The Morgan fingerprint density at radius 2 is 1.33 bits per heavy atom. The Balaban J connectivity index is -0.0000000941. The molecule has 0 aliphatic rings. The molecule has 0 amide bonds. The van der Waals surface area contributed by atoms with E-state index < -0.39 is 47.5 Å². The van der Waals surface area contributed by atoms with Gasteiger partial charge in [0.15, 0.2) is 0 Å². The summed E-state index contributed by atoms with van der Waals surface area (Å²) in [6.45, 7) is 2.65. The minimum absolute atomic E-state index is 0. The number of ether oxygens (including phenoxy) is 2. The summed E-state index contributed by atoms with van der Waals surface area (Å²) >= 11 is 4.60. The van der Waals surface area contributed by atoms with Gasteiger partial charge in [-0.1, -0.05) is 0 Å². The average molecular weight is 430 g/mol. The topological polar surface area (TPSA) is 224 Å². The number of nitrogens with two attached hydrogens (primary N) is 1. The van der Waals surface area contributed by atoms with E-state index in [1.807, 2.05) is 0 Å². The Bertz CT molecular complexity index is 434. The standard InChI is InChI=1S/C7H12O5.C4H9NO3.C2H3ClO2.Na.H2O/c1-4(8)5(7(10)11)3-6(9)12-2;1-2(6)3(5)4(7)8;1-5-2(3)4;;/h4-5,8H,3H2,1-2H3,(H,10,11);2-3,6H,5H2,1H3,(H,7,8);1H3;;1H2/q;;;+1;/p-1/t4-,5+;2-,3+;;;/m11.../s1. The van der Waals surface area contributed by atoms with Gasteiger partial charge in [0, 0.05) is 11.6 Å². The summed E-state index contributed by atoms with van der Waals surface area (Å²) < 4.78 is 8.14. The molecule has 0 heterocycles. The second-order valence-corrected chi connectivity index (χ2v) is 4.82. The number of aliphatic hydroxyl groups is 2. The molecule has 0 saturated heterocycles. The number of aliphatic carboxylic acids is 2. The first-order valence-electron chi connectivity index (χ1n) is 6.69. The second-order valence-electron chi connectivity index (χ2n) is 4.51. The van der Waals surface area contributed by atoms with E-state index in [2.05, 4.69) is 21.1 Å². The fourth-order valence-corrected chi connectivity index (χ4v) is 0.933. The monoisotopic (exact) mass is 429 g/mol. The van der Waals surface area contributed by atoms with E-state index in [0.29, 0.717) is 0 Å². The van der Waals surface area contributed by atoms with Gasteiger partial charge in [-0.2, -0.15) is 0 Å². The largest absolute Gasteiger partial charge is 1.00 e. The number of carbonyl (C=O) groups excluding carboxylic acids is 2. The molecule has 0 aromatic heterocycles. The fourth-order valence-electron chi connectivity index (χ4n) is 0.933. The number of aliphatic hydroxyl groups excluding tert-OH is 2. The van der Waals surface area contributed by atoms with E-state index in [1.165, 1.54) is 28.1 Å². The summed E-state index contributed by atoms with van der Waals surface area (Å²) in [7, 11) is 2.39. The first-order chi connectivity index (χ1) is 11.3. The molecule has 0 aliphatic carbocycles. The summed E-state index contributed by atoms with van der Waals surface area (Å²) in [5.41, 5.74) is 4.14. The van der Waals surface area contributed by atoms with Crippen molar-refractivity contribution in [3.8, 4) is 0 Å². The van der Waals surface area contributed by atoms with E-state index in [4.69, 9.17) is 26.2 Å². The molecular formula is C13H25ClNNaO11. The zero-order chi connectivity index (χ0) is 20.7. The van der Waals surface area contributed by atoms with Crippen molar-refractivity contribution in [1.29, 1.82) is 0 Å². The molecule has 0 radical (unpaired) electrons. The quantitative estimate of drug-likeness (QED) is 0.156. The molecule has 12 nitrogen and oxygen atoms in total. The molecule has 0 saturated carbocycles. The van der Waals surface area contributed by atoms with Crippen molar-refractivity contribution in [1.82, 2.24) is 0 Å². The molecule has 0 aromatic carbocycles. The van der Waals surface area contributed by atoms with Gasteiger partial charge in [0.1, 0.15) is 6.04 Å². The number of rotatable bonds is 6. The fraction of sp³-hybridized carbons (Fsp3) is 0.692. The SMILES string of the molecule is COC(=O)C[C@H](C(=O)O)[C@@H](C)O.COC(=O)Cl.C[C@@H](O)[C@H](N)C(=O)O.[Na+].[OH-]. The molecule has 0 fully saturated rings. The normalized spacial score (nSPS) is 13.0. The van der Waals surface area contributed by atoms with E-state index in [0.717, 1.165) is 0 Å². The van der Waals surface area contributed by atoms with Crippen molar-refractivity contribution in [2.75, 3.05) is 14.2 Å². The van der Waals surface area contributed by atoms with Crippen LogP contribution in [0.15, 0.2) is 0 Å². The Morgan fingerprint density at radius 1 is 0.963 bits per heavy atom. The summed E-state index contributed by atoms with van der Waals surface area (Å²) in [5, 5.41) is 34.0. The minimum atomic E-state index is -1.20. The predicted octanol–water partition coefficient (Wildman–Crippen LogP) is -3.77. The van der Waals surface area contributed by atoms with E-state index in [9.17, 15) is 19.2 Å². The first kappa shape index (κ1) is 36.9. The maximum absolute atomic E-state index is 10.6. The number of carboxylic acid groups (broad SMARTS) is 2. The molecule has 0 bridgehead atoms. The van der Waals surface area contributed by atoms with E-state index >= 15 is 0 Å². The van der Waals surface area contributed by atoms with Crippen LogP contribution in [-0.2, 0) is 23.9 Å². The molecule has 4 atom stereocenters. The maximum atomic E-state index is 10.6. The number of hydrogen-bond donors (Lipinski definition) is 5. The third kappa shape index (κ3) is 25.0. The van der Waals surface area contributed by atoms with Gasteiger partial charge in [-0.05, 0) is 13.8 Å². The predicted molar refractivity (Wildman–Crippen MR) is 86.9 cm³/mol. The van der Waals surface area contributed by atoms with Gasteiger partial charge in [0.2, 0.25) is 0 Å². The van der Waals surface area contributed by atoms with Crippen molar-refractivity contribution in [3.05, 3.63) is 0 Å². The van der Waals surface area contributed by atoms with Crippen LogP contribution in [0.2, 0.25) is 0 Å². The third-order valence-electron chi connectivity index (χ3n) is 2.48. The smallest absolute Gasteiger partial charge is 0.870 e. The van der Waals surface area contributed by atoms with Crippen molar-refractivity contribution in [2.45, 2.75) is 38.5 Å². The summed E-state index contributed by atoms with van der Waals surface area (Å²) in [6.07, 6.45) is -2.34. The van der Waals surface area contributed by atoms with Crippen LogP contribution in [-0.4, -0.2) is 81.7 Å². The Kier molecular flexibility index (Phi) is 29.1. The molecule has 0 unspecified atom stereocenters. The molecule has 0 spiro atoms. The minimum Gasteiger partial charge on any atom is -0.870 e. The third-order valence-corrected chi connectivity index (χ3v) is 2.63. The van der Waals surface area contributed by atoms with Crippen LogP contribution in [0.1, 0.15) is 20.3 Å². The summed E-state index contributed by atoms with van der Waals surface area (Å²) in [5.74, 6) is -4.10. The van der Waals surface area contributed by atoms with Crippen molar-refractivity contribution in [3.63, 3.8) is 0 Å². The van der Waals surface area contributed by atoms with Gasteiger partial charge < -0.3 is 41.1 Å². The molecule has 0 aromatic rings. The van der Waals surface area contributed by atoms with Crippen molar-refractivity contribution < 1.29 is 84.1 Å². The molecule has 156 valence electrons. The molecule has 7 N–H and O–H groups in total. The number of carbonyl (C=O) groups is 4.